The summed E-state index contributed by atoms with van der Waals surface area (Å²) in [6.07, 6.45) is 43.3. The molecular formula is C64H111O8P. The SMILES string of the molecule is CCCCCCCCCCCCCCCCCCOC(=O)CCc1cc(C)c(OP(=O)(O)Oc2c(C)cc(CCC(=O)OCCCCCCCCCCCCCCCCCC)cc2C(C)(C)C)c(C(C)(C)C)c1. The fraction of sp³-hybridized carbons (Fsp3) is 0.781. The molecule has 420 valence electrons. The van der Waals surface area contributed by atoms with E-state index < -0.39 is 18.7 Å². The number of aryl methyl sites for hydroxylation is 4. The van der Waals surface area contributed by atoms with Crippen LogP contribution >= 0.6 is 7.82 Å². The maximum absolute atomic E-state index is 14.0. The van der Waals surface area contributed by atoms with E-state index in [0.717, 1.165) is 47.9 Å². The van der Waals surface area contributed by atoms with Crippen molar-refractivity contribution >= 4 is 19.8 Å². The fourth-order valence-electron chi connectivity index (χ4n) is 9.90. The first-order valence-corrected chi connectivity index (χ1v) is 31.7. The Kier molecular flexibility index (Phi) is 35.1. The first kappa shape index (κ1) is 66.3. The van der Waals surface area contributed by atoms with Gasteiger partial charge in [0.05, 0.1) is 13.2 Å². The van der Waals surface area contributed by atoms with E-state index in [-0.39, 0.29) is 24.8 Å². The van der Waals surface area contributed by atoms with Crippen molar-refractivity contribution in [1.82, 2.24) is 0 Å². The summed E-state index contributed by atoms with van der Waals surface area (Å²) in [6, 6.07) is 7.77. The fourth-order valence-corrected chi connectivity index (χ4v) is 10.9. The molecule has 0 saturated heterocycles. The third kappa shape index (κ3) is 31.7. The molecule has 0 unspecified atom stereocenters. The van der Waals surface area contributed by atoms with Crippen LogP contribution in [0.2, 0.25) is 0 Å². The number of phosphoric ester groups is 1. The van der Waals surface area contributed by atoms with Crippen LogP contribution in [0.5, 0.6) is 11.5 Å². The molecule has 0 aliphatic heterocycles. The molecule has 0 aromatic heterocycles. The first-order chi connectivity index (χ1) is 34.9. The Morgan fingerprint density at radius 2 is 0.671 bits per heavy atom. The molecule has 2 rings (SSSR count). The van der Waals surface area contributed by atoms with Crippen LogP contribution in [0, 0.1) is 13.8 Å². The predicted octanol–water partition coefficient (Wildman–Crippen LogP) is 19.9. The maximum atomic E-state index is 14.0. The topological polar surface area (TPSA) is 108 Å². The van der Waals surface area contributed by atoms with Gasteiger partial charge in [0, 0.05) is 24.0 Å². The zero-order chi connectivity index (χ0) is 53.8. The number of benzene rings is 2. The Morgan fingerprint density at radius 3 is 0.918 bits per heavy atom. The Bertz CT molecular complexity index is 1700. The Morgan fingerprint density at radius 1 is 0.425 bits per heavy atom. The zero-order valence-corrected chi connectivity index (χ0v) is 49.8. The summed E-state index contributed by atoms with van der Waals surface area (Å²) in [5, 5.41) is 0. The monoisotopic (exact) mass is 1040 g/mol. The molecule has 0 bridgehead atoms. The lowest BCUT2D eigenvalue weighted by Gasteiger charge is -2.28. The van der Waals surface area contributed by atoms with E-state index in [4.69, 9.17) is 18.5 Å². The van der Waals surface area contributed by atoms with Crippen LogP contribution < -0.4 is 9.05 Å². The molecule has 1 N–H and O–H groups in total. The van der Waals surface area contributed by atoms with E-state index in [0.29, 0.717) is 48.7 Å². The summed E-state index contributed by atoms with van der Waals surface area (Å²) in [5.41, 5.74) is 3.88. The highest BCUT2D eigenvalue weighted by Gasteiger charge is 2.34. The number of phosphoric acid groups is 1. The van der Waals surface area contributed by atoms with Crippen molar-refractivity contribution in [3.05, 3.63) is 57.6 Å². The number of ether oxygens (including phenoxy) is 2. The van der Waals surface area contributed by atoms with E-state index in [2.05, 4.69) is 13.8 Å². The van der Waals surface area contributed by atoms with Gasteiger partial charge in [-0.3, -0.25) is 14.5 Å². The molecule has 0 heterocycles. The lowest BCUT2D eigenvalue weighted by Crippen LogP contribution is -2.17. The summed E-state index contributed by atoms with van der Waals surface area (Å²) < 4.78 is 37.2. The van der Waals surface area contributed by atoms with Gasteiger partial charge in [-0.1, -0.05) is 272 Å². The van der Waals surface area contributed by atoms with Crippen LogP contribution in [0.1, 0.15) is 307 Å². The normalized spacial score (nSPS) is 12.1. The number of carbonyl (C=O) groups excluding carboxylic acids is 2. The highest BCUT2D eigenvalue weighted by Crippen LogP contribution is 2.51. The third-order valence-electron chi connectivity index (χ3n) is 14.5. The van der Waals surface area contributed by atoms with E-state index in [1.54, 1.807) is 0 Å². The van der Waals surface area contributed by atoms with Crippen molar-refractivity contribution in [1.29, 1.82) is 0 Å². The van der Waals surface area contributed by atoms with E-state index >= 15 is 0 Å². The second-order valence-corrected chi connectivity index (χ2v) is 25.1. The Labute approximate surface area is 449 Å². The molecule has 0 aliphatic rings. The largest absolute Gasteiger partial charge is 0.584 e. The second-order valence-electron chi connectivity index (χ2n) is 23.8. The number of rotatable bonds is 44. The number of hydrogen-bond donors (Lipinski definition) is 1. The number of esters is 2. The molecular weight excluding hydrogens is 928 g/mol. The maximum Gasteiger partial charge on any atom is 0.584 e. The van der Waals surface area contributed by atoms with Crippen molar-refractivity contribution in [2.75, 3.05) is 13.2 Å². The number of carbonyl (C=O) groups is 2. The zero-order valence-electron chi connectivity index (χ0n) is 48.9. The lowest BCUT2D eigenvalue weighted by molar-refractivity contribution is -0.144. The molecule has 0 atom stereocenters. The summed E-state index contributed by atoms with van der Waals surface area (Å²) in [6.45, 7) is 21.4. The first-order valence-electron chi connectivity index (χ1n) is 30.2. The molecule has 0 amide bonds. The molecule has 73 heavy (non-hydrogen) atoms. The number of unbranched alkanes of at least 4 members (excludes halogenated alkanes) is 30. The van der Waals surface area contributed by atoms with Gasteiger partial charge in [-0.25, -0.2) is 4.57 Å². The van der Waals surface area contributed by atoms with E-state index in [9.17, 15) is 19.0 Å². The standard InChI is InChI=1S/C64H111O8P/c1-11-13-15-17-19-21-23-25-27-29-31-33-35-37-39-41-47-69-59(65)45-43-55-49-53(3)61(57(51-55)63(5,6)7)71-73(67,68)72-62-54(4)50-56(52-58(62)64(8,9)10)44-46-60(66)70-48-42-40-38-36-34-32-30-28-26-24-22-20-18-16-14-12-2/h49-52H,11-48H2,1-10H3,(H,67,68). The molecule has 8 nitrogen and oxygen atoms in total. The highest BCUT2D eigenvalue weighted by molar-refractivity contribution is 7.48. The molecule has 0 saturated carbocycles. The highest BCUT2D eigenvalue weighted by atomic mass is 31.2. The van der Waals surface area contributed by atoms with Gasteiger partial charge in [-0.2, -0.15) is 0 Å². The molecule has 2 aromatic rings. The van der Waals surface area contributed by atoms with Crippen LogP contribution in [-0.4, -0.2) is 30.0 Å². The summed E-state index contributed by atoms with van der Waals surface area (Å²) in [4.78, 5) is 36.9. The van der Waals surface area contributed by atoms with Gasteiger partial charge in [0.2, 0.25) is 0 Å². The molecule has 0 spiro atoms. The van der Waals surface area contributed by atoms with E-state index in [1.807, 2.05) is 79.7 Å². The summed E-state index contributed by atoms with van der Waals surface area (Å²) in [5.74, 6) is 0.193. The molecule has 0 aliphatic carbocycles. The third-order valence-corrected chi connectivity index (χ3v) is 15.3. The average molecular weight is 1040 g/mol. The number of hydrogen-bond acceptors (Lipinski definition) is 7. The van der Waals surface area contributed by atoms with E-state index in [1.165, 1.54) is 180 Å². The van der Waals surface area contributed by atoms with Crippen molar-refractivity contribution in [2.24, 2.45) is 0 Å². The van der Waals surface area contributed by atoms with Crippen molar-refractivity contribution < 1.29 is 37.6 Å². The predicted molar refractivity (Wildman–Crippen MR) is 308 cm³/mol. The van der Waals surface area contributed by atoms with Gasteiger partial charge in [-0.05, 0) is 72.6 Å². The van der Waals surface area contributed by atoms with Crippen LogP contribution in [-0.2, 0) is 47.3 Å². The minimum absolute atomic E-state index is 0.207. The smallest absolute Gasteiger partial charge is 0.466 e. The molecule has 0 fully saturated rings. The van der Waals surface area contributed by atoms with Gasteiger partial charge < -0.3 is 18.5 Å². The second kappa shape index (κ2) is 38.7. The van der Waals surface area contributed by atoms with Crippen LogP contribution in [0.25, 0.3) is 0 Å². The van der Waals surface area contributed by atoms with Gasteiger partial charge in [0.1, 0.15) is 11.5 Å². The van der Waals surface area contributed by atoms with Gasteiger partial charge >= 0.3 is 19.8 Å². The van der Waals surface area contributed by atoms with Crippen molar-refractivity contribution in [2.45, 2.75) is 311 Å². The van der Waals surface area contributed by atoms with Gasteiger partial charge in [0.25, 0.3) is 0 Å². The summed E-state index contributed by atoms with van der Waals surface area (Å²) >= 11 is 0. The summed E-state index contributed by atoms with van der Waals surface area (Å²) in [7, 11) is -4.70. The Balaban J connectivity index is 1.79. The van der Waals surface area contributed by atoms with Crippen molar-refractivity contribution in [3.63, 3.8) is 0 Å². The lowest BCUT2D eigenvalue weighted by atomic mass is 9.83. The average Bonchev–Trinajstić information content (AvgIpc) is 3.32. The van der Waals surface area contributed by atoms with Gasteiger partial charge in [0.15, 0.2) is 0 Å². The quantitative estimate of drug-likeness (QED) is 0.0397. The minimum Gasteiger partial charge on any atom is -0.466 e. The van der Waals surface area contributed by atoms with Crippen molar-refractivity contribution in [3.8, 4) is 11.5 Å². The molecule has 2 aromatic carbocycles. The van der Waals surface area contributed by atoms with Crippen LogP contribution in [0.4, 0.5) is 0 Å². The Hall–Kier alpha value is -2.83. The van der Waals surface area contributed by atoms with Crippen LogP contribution in [0.3, 0.4) is 0 Å². The molecule has 0 radical (unpaired) electrons. The van der Waals surface area contributed by atoms with Gasteiger partial charge in [-0.15, -0.1) is 0 Å². The van der Waals surface area contributed by atoms with Crippen LogP contribution in [0.15, 0.2) is 24.3 Å². The minimum atomic E-state index is -4.70. The molecule has 9 heteroatoms.